The molecule has 0 N–H and O–H groups in total. The molecule has 2 nitrogen and oxygen atoms in total. The van der Waals surface area contributed by atoms with Crippen LogP contribution in [0.3, 0.4) is 0 Å². The number of thiophene rings is 2. The van der Waals surface area contributed by atoms with Gasteiger partial charge in [-0.25, -0.2) is 4.79 Å². The largest absolute Gasteiger partial charge is 0.458 e. The molecule has 184 valence electrons. The van der Waals surface area contributed by atoms with Gasteiger partial charge in [0.1, 0.15) is 11.0 Å². The number of ether oxygens (including phenoxy) is 1. The van der Waals surface area contributed by atoms with E-state index in [2.05, 4.69) is 19.9 Å². The van der Waals surface area contributed by atoms with Gasteiger partial charge in [-0.1, -0.05) is 71.6 Å². The van der Waals surface area contributed by atoms with E-state index in [0.717, 1.165) is 41.9 Å². The first-order chi connectivity index (χ1) is 16.2. The molecule has 33 heavy (non-hydrogen) atoms. The molecule has 0 bridgehead atoms. The van der Waals surface area contributed by atoms with Crippen LogP contribution in [0.1, 0.15) is 125 Å². The molecule has 0 amide bonds. The van der Waals surface area contributed by atoms with Gasteiger partial charge in [0.05, 0.1) is 4.01 Å². The SMILES string of the molecule is CCCCCCC[C@H]1CC[C@H]([C@H]2CC[C@H](OC(=O)c3cc4cc(CCC)sc4s3)CC2)CC1. The zero-order chi connectivity index (χ0) is 23.0. The summed E-state index contributed by atoms with van der Waals surface area (Å²) in [5, 5.41) is 1.22. The molecule has 0 aromatic carbocycles. The Morgan fingerprint density at radius 1 is 0.848 bits per heavy atom. The van der Waals surface area contributed by atoms with Crippen LogP contribution in [0.4, 0.5) is 0 Å². The second-order valence-electron chi connectivity index (χ2n) is 10.7. The Bertz CT molecular complexity index is 819. The standard InChI is InChI=1S/C29H44O2S2/c1-3-5-6-7-8-10-21-11-13-22(14-12-21)23-15-17-25(18-16-23)31-28(30)27-20-24-19-26(9-4-2)32-29(24)33-27/h19-23,25H,3-18H2,1-2H3/t21-,22-,23-,25-. The third-order valence-corrected chi connectivity index (χ3v) is 10.7. The van der Waals surface area contributed by atoms with Crippen molar-refractivity contribution in [2.75, 3.05) is 0 Å². The molecule has 0 unspecified atom stereocenters. The van der Waals surface area contributed by atoms with Crippen molar-refractivity contribution in [1.82, 2.24) is 0 Å². The van der Waals surface area contributed by atoms with E-state index in [0.29, 0.717) is 0 Å². The van der Waals surface area contributed by atoms with Gasteiger partial charge in [-0.05, 0) is 74.8 Å². The van der Waals surface area contributed by atoms with Crippen molar-refractivity contribution in [3.05, 3.63) is 21.9 Å². The van der Waals surface area contributed by atoms with E-state index in [4.69, 9.17) is 4.74 Å². The second-order valence-corrected chi connectivity index (χ2v) is 13.2. The lowest BCUT2D eigenvalue weighted by Crippen LogP contribution is -2.29. The van der Waals surface area contributed by atoms with E-state index in [1.54, 1.807) is 11.3 Å². The van der Waals surface area contributed by atoms with Crippen molar-refractivity contribution in [3.8, 4) is 0 Å². The van der Waals surface area contributed by atoms with Gasteiger partial charge in [-0.15, -0.1) is 22.7 Å². The number of esters is 1. The topological polar surface area (TPSA) is 26.3 Å². The highest BCUT2D eigenvalue weighted by atomic mass is 32.2. The van der Waals surface area contributed by atoms with Gasteiger partial charge < -0.3 is 4.74 Å². The number of rotatable bonds is 11. The van der Waals surface area contributed by atoms with Crippen molar-refractivity contribution in [1.29, 1.82) is 0 Å². The number of aryl methyl sites for hydroxylation is 1. The van der Waals surface area contributed by atoms with E-state index in [1.807, 2.05) is 17.4 Å². The van der Waals surface area contributed by atoms with E-state index in [1.165, 1.54) is 97.7 Å². The minimum atomic E-state index is -0.0941. The van der Waals surface area contributed by atoms with Crippen molar-refractivity contribution in [2.45, 2.75) is 123 Å². The van der Waals surface area contributed by atoms with Crippen molar-refractivity contribution < 1.29 is 9.53 Å². The molecular weight excluding hydrogens is 444 g/mol. The van der Waals surface area contributed by atoms with Crippen LogP contribution < -0.4 is 0 Å². The molecule has 0 atom stereocenters. The van der Waals surface area contributed by atoms with Crippen LogP contribution in [0.25, 0.3) is 9.40 Å². The summed E-state index contributed by atoms with van der Waals surface area (Å²) in [4.78, 5) is 15.0. The molecule has 2 aliphatic carbocycles. The maximum absolute atomic E-state index is 12.7. The highest BCUT2D eigenvalue weighted by molar-refractivity contribution is 7.39. The fraction of sp³-hybridized carbons (Fsp3) is 0.759. The lowest BCUT2D eigenvalue weighted by Gasteiger charge is -2.37. The lowest BCUT2D eigenvalue weighted by atomic mass is 9.70. The number of carbonyl (C=O) groups is 1. The Hall–Kier alpha value is -0.870. The molecule has 2 aromatic heterocycles. The summed E-state index contributed by atoms with van der Waals surface area (Å²) in [5.74, 6) is 2.70. The minimum Gasteiger partial charge on any atom is -0.458 e. The monoisotopic (exact) mass is 488 g/mol. The Balaban J connectivity index is 1.15. The Labute approximate surface area is 209 Å². The number of unbranched alkanes of at least 4 members (excludes halogenated alkanes) is 4. The molecule has 0 spiro atoms. The molecule has 0 radical (unpaired) electrons. The Morgan fingerprint density at radius 3 is 2.21 bits per heavy atom. The average Bonchev–Trinajstić information content (AvgIpc) is 3.39. The summed E-state index contributed by atoms with van der Waals surface area (Å²) in [5.41, 5.74) is 0. The first-order valence-electron chi connectivity index (χ1n) is 13.9. The fourth-order valence-electron chi connectivity index (χ4n) is 6.23. The third-order valence-electron chi connectivity index (χ3n) is 8.23. The van der Waals surface area contributed by atoms with Crippen molar-refractivity contribution in [2.24, 2.45) is 17.8 Å². The summed E-state index contributed by atoms with van der Waals surface area (Å²) >= 11 is 3.46. The molecule has 4 rings (SSSR count). The molecule has 0 saturated heterocycles. The maximum atomic E-state index is 12.7. The van der Waals surface area contributed by atoms with Gasteiger partial charge in [-0.2, -0.15) is 0 Å². The summed E-state index contributed by atoms with van der Waals surface area (Å²) in [7, 11) is 0. The van der Waals surface area contributed by atoms with Crippen LogP contribution in [0.2, 0.25) is 0 Å². The number of hydrogen-bond acceptors (Lipinski definition) is 4. The zero-order valence-corrected chi connectivity index (χ0v) is 22.5. The molecule has 2 fully saturated rings. The smallest absolute Gasteiger partial charge is 0.348 e. The fourth-order valence-corrected chi connectivity index (χ4v) is 8.71. The van der Waals surface area contributed by atoms with Crippen molar-refractivity contribution >= 4 is 38.0 Å². The Morgan fingerprint density at radius 2 is 1.55 bits per heavy atom. The molecular formula is C29H44O2S2. The number of fused-ring (bicyclic) bond motifs is 1. The van der Waals surface area contributed by atoms with Gasteiger partial charge in [0.2, 0.25) is 0 Å². The average molecular weight is 489 g/mol. The van der Waals surface area contributed by atoms with Crippen LogP contribution >= 0.6 is 22.7 Å². The predicted molar refractivity (Wildman–Crippen MR) is 144 cm³/mol. The van der Waals surface area contributed by atoms with Gasteiger partial charge in [-0.3, -0.25) is 0 Å². The van der Waals surface area contributed by atoms with E-state index in [9.17, 15) is 4.79 Å². The number of carbonyl (C=O) groups excluding carboxylic acids is 1. The normalized spacial score (nSPS) is 26.0. The van der Waals surface area contributed by atoms with E-state index in [-0.39, 0.29) is 12.1 Å². The highest BCUT2D eigenvalue weighted by Gasteiger charge is 2.32. The highest BCUT2D eigenvalue weighted by Crippen LogP contribution is 2.42. The first-order valence-corrected chi connectivity index (χ1v) is 15.5. The summed E-state index contributed by atoms with van der Waals surface area (Å²) < 4.78 is 7.22. The minimum absolute atomic E-state index is 0.0941. The van der Waals surface area contributed by atoms with Crippen LogP contribution in [-0.2, 0) is 11.2 Å². The van der Waals surface area contributed by atoms with Crippen LogP contribution in [-0.4, -0.2) is 12.1 Å². The summed E-state index contributed by atoms with van der Waals surface area (Å²) in [6, 6.07) is 4.30. The van der Waals surface area contributed by atoms with E-state index < -0.39 is 0 Å². The second kappa shape index (κ2) is 12.7. The van der Waals surface area contributed by atoms with Crippen LogP contribution in [0.15, 0.2) is 12.1 Å². The van der Waals surface area contributed by atoms with Gasteiger partial charge in [0, 0.05) is 10.3 Å². The van der Waals surface area contributed by atoms with Gasteiger partial charge in [0.25, 0.3) is 0 Å². The molecule has 0 aliphatic heterocycles. The lowest BCUT2D eigenvalue weighted by molar-refractivity contribution is 0.0114. The van der Waals surface area contributed by atoms with Gasteiger partial charge in [0.15, 0.2) is 0 Å². The number of hydrogen-bond donors (Lipinski definition) is 0. The zero-order valence-electron chi connectivity index (χ0n) is 20.9. The molecule has 2 aromatic rings. The molecule has 2 aliphatic rings. The summed E-state index contributed by atoms with van der Waals surface area (Å²) in [6.07, 6.45) is 21.4. The van der Waals surface area contributed by atoms with Crippen molar-refractivity contribution in [3.63, 3.8) is 0 Å². The quantitative estimate of drug-likeness (QED) is 0.232. The first kappa shape index (κ1) is 25.2. The Kier molecular flexibility index (Phi) is 9.73. The molecule has 2 saturated carbocycles. The maximum Gasteiger partial charge on any atom is 0.348 e. The van der Waals surface area contributed by atoms with Crippen LogP contribution in [0, 0.1) is 17.8 Å². The predicted octanol–water partition coefficient (Wildman–Crippen LogP) is 9.80. The molecule has 4 heteroatoms. The van der Waals surface area contributed by atoms with Crippen LogP contribution in [0.5, 0.6) is 0 Å². The van der Waals surface area contributed by atoms with Gasteiger partial charge >= 0.3 is 5.97 Å². The molecule has 2 heterocycles. The van der Waals surface area contributed by atoms with E-state index >= 15 is 0 Å². The summed E-state index contributed by atoms with van der Waals surface area (Å²) in [6.45, 7) is 4.51. The third kappa shape index (κ3) is 7.07.